The van der Waals surface area contributed by atoms with Crippen LogP contribution in [-0.4, -0.2) is 36.1 Å². The lowest BCUT2D eigenvalue weighted by Gasteiger charge is -2.20. The summed E-state index contributed by atoms with van der Waals surface area (Å²) in [6, 6.07) is 32.0. The molecule has 1 atom stereocenters. The van der Waals surface area contributed by atoms with E-state index in [0.717, 1.165) is 10.5 Å². The summed E-state index contributed by atoms with van der Waals surface area (Å²) in [5.41, 5.74) is 2.23. The van der Waals surface area contributed by atoms with Crippen LogP contribution in [-0.2, 0) is 4.79 Å². The van der Waals surface area contributed by atoms with Crippen molar-refractivity contribution in [2.24, 2.45) is 0 Å². The maximum Gasteiger partial charge on any atom is 0.336 e. The van der Waals surface area contributed by atoms with Crippen molar-refractivity contribution in [2.75, 3.05) is 23.8 Å². The molecule has 3 N–H and O–H groups in total. The van der Waals surface area contributed by atoms with Gasteiger partial charge in [0.05, 0.1) is 5.56 Å². The molecule has 0 aliphatic carbocycles. The summed E-state index contributed by atoms with van der Waals surface area (Å²) in [6.45, 7) is 0.928. The molecule has 214 valence electrons. The average Bonchev–Trinajstić information content (AvgIpc) is 3.03. The quantitative estimate of drug-likeness (QED) is 0.166. The molecule has 43 heavy (non-hydrogen) atoms. The lowest BCUT2D eigenvalue weighted by Crippen LogP contribution is -2.20. The van der Waals surface area contributed by atoms with Gasteiger partial charge < -0.3 is 25.2 Å². The minimum Gasteiger partial charge on any atom is -0.486 e. The van der Waals surface area contributed by atoms with Crippen molar-refractivity contribution in [3.05, 3.63) is 126 Å². The van der Waals surface area contributed by atoms with Crippen molar-refractivity contribution < 1.29 is 29.0 Å². The van der Waals surface area contributed by atoms with Gasteiger partial charge in [-0.1, -0.05) is 60.7 Å². The molecule has 1 heterocycles. The molecule has 5 aromatic rings. The molecular weight excluding hydrogens is 564 g/mol. The number of carbonyl (C=O) groups excluding carboxylic acids is 2. The van der Waals surface area contributed by atoms with Gasteiger partial charge in [-0.15, -0.1) is 11.8 Å². The number of rotatable bonds is 8. The molecule has 0 radical (unpaired) electrons. The zero-order chi connectivity index (χ0) is 29.8. The topological polar surface area (TPSA) is 114 Å². The van der Waals surface area contributed by atoms with Gasteiger partial charge in [0.25, 0.3) is 5.91 Å². The van der Waals surface area contributed by atoms with Crippen LogP contribution in [0, 0.1) is 0 Å². The summed E-state index contributed by atoms with van der Waals surface area (Å²) < 4.78 is 11.2. The predicted molar refractivity (Wildman–Crippen MR) is 166 cm³/mol. The van der Waals surface area contributed by atoms with E-state index in [2.05, 4.69) is 10.6 Å². The lowest BCUT2D eigenvalue weighted by molar-refractivity contribution is -0.115. The molecule has 1 aliphatic heterocycles. The largest absolute Gasteiger partial charge is 0.486 e. The average molecular weight is 591 g/mol. The van der Waals surface area contributed by atoms with Crippen LogP contribution in [0.25, 0.3) is 10.8 Å². The third-order valence-electron chi connectivity index (χ3n) is 6.88. The summed E-state index contributed by atoms with van der Waals surface area (Å²) in [7, 11) is 0. The number of carboxylic acids is 1. The number of hydrogen-bond donors (Lipinski definition) is 3. The summed E-state index contributed by atoms with van der Waals surface area (Å²) >= 11 is 1.35. The molecule has 0 fully saturated rings. The third-order valence-corrected chi connectivity index (χ3v) is 8.12. The van der Waals surface area contributed by atoms with E-state index in [-0.39, 0.29) is 17.0 Å². The van der Waals surface area contributed by atoms with Crippen molar-refractivity contribution in [2.45, 2.75) is 10.1 Å². The van der Waals surface area contributed by atoms with Crippen LogP contribution >= 0.6 is 11.8 Å². The summed E-state index contributed by atoms with van der Waals surface area (Å²) in [4.78, 5) is 39.6. The molecule has 6 rings (SSSR count). The molecule has 1 aliphatic rings. The Balaban J connectivity index is 1.24. The Labute approximate surface area is 251 Å². The van der Waals surface area contributed by atoms with E-state index in [4.69, 9.17) is 9.47 Å². The Morgan fingerprint density at radius 2 is 1.40 bits per heavy atom. The highest BCUT2D eigenvalue weighted by Gasteiger charge is 2.24. The number of carboxylic acid groups (broad SMARTS) is 1. The first-order valence-electron chi connectivity index (χ1n) is 13.5. The highest BCUT2D eigenvalue weighted by molar-refractivity contribution is 8.00. The van der Waals surface area contributed by atoms with Crippen LogP contribution in [0.15, 0.2) is 114 Å². The zero-order valence-electron chi connectivity index (χ0n) is 22.8. The Morgan fingerprint density at radius 3 is 2.16 bits per heavy atom. The smallest absolute Gasteiger partial charge is 0.336 e. The molecule has 8 nitrogen and oxygen atoms in total. The SMILES string of the molecule is O=C(O)c1cccc2cccc(C(=O)Nc3cccc(SC(C(=O)Nc4ccc5c(c4)OCCO5)c4ccccc4)c3)c12. The number of aromatic carboxylic acids is 1. The van der Waals surface area contributed by atoms with Gasteiger partial charge in [-0.3, -0.25) is 9.59 Å². The lowest BCUT2D eigenvalue weighted by atomic mass is 9.98. The van der Waals surface area contributed by atoms with Crippen LogP contribution in [0.2, 0.25) is 0 Å². The second kappa shape index (κ2) is 12.3. The number of amides is 2. The number of carbonyl (C=O) groups is 3. The number of ether oxygens (including phenoxy) is 2. The van der Waals surface area contributed by atoms with E-state index in [1.807, 2.05) is 36.4 Å². The molecule has 0 saturated carbocycles. The van der Waals surface area contributed by atoms with Crippen molar-refractivity contribution in [1.82, 2.24) is 0 Å². The molecule has 0 spiro atoms. The number of anilines is 2. The van der Waals surface area contributed by atoms with E-state index in [1.54, 1.807) is 66.7 Å². The number of thioether (sulfide) groups is 1. The normalized spacial score (nSPS) is 12.7. The fourth-order valence-corrected chi connectivity index (χ4v) is 6.00. The van der Waals surface area contributed by atoms with Gasteiger partial charge >= 0.3 is 5.97 Å². The number of benzene rings is 5. The van der Waals surface area contributed by atoms with Crippen molar-refractivity contribution in [1.29, 1.82) is 0 Å². The maximum absolute atomic E-state index is 13.6. The zero-order valence-corrected chi connectivity index (χ0v) is 23.6. The van der Waals surface area contributed by atoms with Gasteiger partial charge in [0.2, 0.25) is 5.91 Å². The van der Waals surface area contributed by atoms with E-state index in [1.165, 1.54) is 17.8 Å². The fraction of sp³-hybridized carbons (Fsp3) is 0.0882. The van der Waals surface area contributed by atoms with Gasteiger partial charge in [0.15, 0.2) is 11.5 Å². The minimum atomic E-state index is -1.11. The van der Waals surface area contributed by atoms with Crippen LogP contribution in [0.4, 0.5) is 11.4 Å². The predicted octanol–water partition coefficient (Wildman–Crippen LogP) is 7.03. The third kappa shape index (κ3) is 6.17. The Bertz CT molecular complexity index is 1840. The monoisotopic (exact) mass is 590 g/mol. The highest BCUT2D eigenvalue weighted by atomic mass is 32.2. The second-order valence-electron chi connectivity index (χ2n) is 9.75. The van der Waals surface area contributed by atoms with Crippen molar-refractivity contribution in [3.63, 3.8) is 0 Å². The number of hydrogen-bond acceptors (Lipinski definition) is 6. The maximum atomic E-state index is 13.6. The van der Waals surface area contributed by atoms with E-state index in [9.17, 15) is 19.5 Å². The molecule has 9 heteroatoms. The standard InChI is InChI=1S/C34H26N2O6S/c37-32(26-13-4-9-21-10-5-14-27(30(21)26)34(39)40)35-23-11-6-12-25(19-23)43-31(22-7-2-1-3-8-22)33(38)36-24-15-16-28-29(20-24)42-18-17-41-28/h1-16,19-20,31H,17-18H2,(H,35,37)(H,36,38)(H,39,40). The summed E-state index contributed by atoms with van der Waals surface area (Å²) in [5.74, 6) is -0.541. The van der Waals surface area contributed by atoms with Crippen LogP contribution in [0.1, 0.15) is 31.5 Å². The minimum absolute atomic E-state index is 0.0577. The Hall–Kier alpha value is -5.28. The van der Waals surface area contributed by atoms with Crippen molar-refractivity contribution in [3.8, 4) is 11.5 Å². The second-order valence-corrected chi connectivity index (χ2v) is 10.9. The van der Waals surface area contributed by atoms with Gasteiger partial charge in [-0.2, -0.15) is 0 Å². The van der Waals surface area contributed by atoms with Crippen LogP contribution in [0.3, 0.4) is 0 Å². The number of fused-ring (bicyclic) bond motifs is 2. The van der Waals surface area contributed by atoms with E-state index in [0.29, 0.717) is 46.9 Å². The first-order valence-corrected chi connectivity index (χ1v) is 14.4. The molecule has 0 aromatic heterocycles. The van der Waals surface area contributed by atoms with E-state index < -0.39 is 17.1 Å². The molecular formula is C34H26N2O6S. The molecule has 5 aromatic carbocycles. The summed E-state index contributed by atoms with van der Waals surface area (Å²) in [6.07, 6.45) is 0. The first-order chi connectivity index (χ1) is 21.0. The summed E-state index contributed by atoms with van der Waals surface area (Å²) in [5, 5.41) is 16.0. The van der Waals surface area contributed by atoms with Crippen LogP contribution in [0.5, 0.6) is 11.5 Å². The van der Waals surface area contributed by atoms with Gasteiger partial charge in [0, 0.05) is 33.3 Å². The van der Waals surface area contributed by atoms with E-state index >= 15 is 0 Å². The molecule has 1 unspecified atom stereocenters. The van der Waals surface area contributed by atoms with Crippen molar-refractivity contribution >= 4 is 51.7 Å². The molecule has 2 amide bonds. The van der Waals surface area contributed by atoms with Crippen LogP contribution < -0.4 is 20.1 Å². The highest BCUT2D eigenvalue weighted by Crippen LogP contribution is 2.38. The van der Waals surface area contributed by atoms with Gasteiger partial charge in [-0.05, 0) is 53.4 Å². The Morgan fingerprint density at radius 1 is 0.698 bits per heavy atom. The van der Waals surface area contributed by atoms with Gasteiger partial charge in [-0.25, -0.2) is 4.79 Å². The molecule has 0 saturated heterocycles. The van der Waals surface area contributed by atoms with Gasteiger partial charge in [0.1, 0.15) is 18.5 Å². The molecule has 0 bridgehead atoms. The Kier molecular flexibility index (Phi) is 7.97. The first kappa shape index (κ1) is 27.9. The number of nitrogens with one attached hydrogen (secondary N) is 2. The fourth-order valence-electron chi connectivity index (χ4n) is 4.92.